The second-order valence-electron chi connectivity index (χ2n) is 5.15. The quantitative estimate of drug-likeness (QED) is 0.828. The zero-order valence-corrected chi connectivity index (χ0v) is 11.9. The molecule has 2 atom stereocenters. The summed E-state index contributed by atoms with van der Waals surface area (Å²) in [5.74, 6) is 0.624. The third-order valence-electron chi connectivity index (χ3n) is 3.60. The zero-order chi connectivity index (χ0) is 13.3. The molecule has 0 spiro atoms. The molecule has 0 bridgehead atoms. The van der Waals surface area contributed by atoms with Crippen molar-refractivity contribution in [3.8, 4) is 0 Å². The molecule has 1 saturated heterocycles. The number of thiocarbonyl (C=S) groups is 1. The predicted molar refractivity (Wildman–Crippen MR) is 79.0 cm³/mol. The summed E-state index contributed by atoms with van der Waals surface area (Å²) in [6.45, 7) is 4.29. The van der Waals surface area contributed by atoms with Crippen molar-refractivity contribution in [1.82, 2.24) is 9.88 Å². The van der Waals surface area contributed by atoms with Crippen LogP contribution in [0.3, 0.4) is 0 Å². The fourth-order valence-electron chi connectivity index (χ4n) is 2.66. The van der Waals surface area contributed by atoms with Gasteiger partial charge in [-0.15, -0.1) is 0 Å². The van der Waals surface area contributed by atoms with E-state index in [1.165, 1.54) is 0 Å². The number of hydrogen-bond donors (Lipinski definition) is 1. The summed E-state index contributed by atoms with van der Waals surface area (Å²) < 4.78 is 0. The first-order chi connectivity index (χ1) is 8.50. The molecule has 4 nitrogen and oxygen atoms in total. The van der Waals surface area contributed by atoms with Crippen LogP contribution in [0.25, 0.3) is 0 Å². The van der Waals surface area contributed by atoms with Crippen LogP contribution in [0.15, 0.2) is 18.3 Å². The summed E-state index contributed by atoms with van der Waals surface area (Å²) in [4.78, 5) is 9.27. The average molecular weight is 264 g/mol. The highest BCUT2D eigenvalue weighted by Gasteiger charge is 2.32. The van der Waals surface area contributed by atoms with E-state index in [0.29, 0.717) is 16.9 Å². The van der Waals surface area contributed by atoms with Gasteiger partial charge in [0, 0.05) is 25.3 Å². The van der Waals surface area contributed by atoms with Crippen LogP contribution in [0, 0.1) is 5.92 Å². The van der Waals surface area contributed by atoms with E-state index >= 15 is 0 Å². The molecule has 0 aliphatic carbocycles. The maximum Gasteiger partial charge on any atom is 0.124 e. The Kier molecular flexibility index (Phi) is 3.82. The fraction of sp³-hybridized carbons (Fsp3) is 0.538. The van der Waals surface area contributed by atoms with E-state index in [2.05, 4.69) is 35.8 Å². The van der Waals surface area contributed by atoms with Gasteiger partial charge >= 0.3 is 0 Å². The molecule has 1 fully saturated rings. The third kappa shape index (κ3) is 2.47. The van der Waals surface area contributed by atoms with Crippen LogP contribution >= 0.6 is 12.2 Å². The van der Waals surface area contributed by atoms with Crippen LogP contribution in [-0.4, -0.2) is 48.1 Å². The first-order valence-corrected chi connectivity index (χ1v) is 6.57. The average Bonchev–Trinajstić information content (AvgIpc) is 2.71. The van der Waals surface area contributed by atoms with Crippen LogP contribution in [-0.2, 0) is 0 Å². The molecule has 18 heavy (non-hydrogen) atoms. The van der Waals surface area contributed by atoms with E-state index in [9.17, 15) is 0 Å². The lowest BCUT2D eigenvalue weighted by Crippen LogP contribution is -2.34. The molecule has 2 rings (SSSR count). The minimum atomic E-state index is 0.367. The van der Waals surface area contributed by atoms with Crippen molar-refractivity contribution in [1.29, 1.82) is 0 Å². The molecule has 0 aromatic carbocycles. The van der Waals surface area contributed by atoms with Gasteiger partial charge in [-0.05, 0) is 32.1 Å². The Hall–Kier alpha value is -1.20. The maximum absolute atomic E-state index is 5.74. The summed E-state index contributed by atoms with van der Waals surface area (Å²) in [5.41, 5.74) is 7.54. The van der Waals surface area contributed by atoms with Crippen LogP contribution < -0.4 is 10.6 Å². The Bertz CT molecular complexity index is 446. The number of aromatic nitrogens is 1. The smallest absolute Gasteiger partial charge is 0.124 e. The molecule has 1 aromatic rings. The lowest BCUT2D eigenvalue weighted by atomic mass is 10.1. The van der Waals surface area contributed by atoms with Gasteiger partial charge < -0.3 is 15.5 Å². The van der Waals surface area contributed by atoms with Gasteiger partial charge in [0.05, 0.1) is 5.69 Å². The van der Waals surface area contributed by atoms with E-state index in [1.54, 1.807) is 6.20 Å². The predicted octanol–water partition coefficient (Wildman–Crippen LogP) is 1.10. The first kappa shape index (κ1) is 13.2. The van der Waals surface area contributed by atoms with E-state index in [1.807, 2.05) is 12.1 Å². The van der Waals surface area contributed by atoms with Crippen molar-refractivity contribution in [3.63, 3.8) is 0 Å². The molecule has 5 heteroatoms. The van der Waals surface area contributed by atoms with Crippen molar-refractivity contribution in [2.24, 2.45) is 11.7 Å². The van der Waals surface area contributed by atoms with E-state index in [0.717, 1.165) is 24.5 Å². The molecular weight excluding hydrogens is 244 g/mol. The van der Waals surface area contributed by atoms with Gasteiger partial charge in [0.15, 0.2) is 0 Å². The number of likely N-dealkylation sites (N-methyl/N-ethyl adjacent to an activating group) is 1. The Labute approximate surface area is 114 Å². The molecule has 0 saturated carbocycles. The molecule has 2 unspecified atom stereocenters. The second kappa shape index (κ2) is 5.20. The molecule has 2 N–H and O–H groups in total. The summed E-state index contributed by atoms with van der Waals surface area (Å²) in [6.07, 6.45) is 1.74. The Morgan fingerprint density at radius 3 is 2.78 bits per heavy atom. The van der Waals surface area contributed by atoms with Crippen LogP contribution in [0.4, 0.5) is 5.69 Å². The van der Waals surface area contributed by atoms with Crippen LogP contribution in [0.5, 0.6) is 0 Å². The Morgan fingerprint density at radius 2 is 2.22 bits per heavy atom. The highest BCUT2D eigenvalue weighted by atomic mass is 32.1. The highest BCUT2D eigenvalue weighted by Crippen LogP contribution is 2.27. The monoisotopic (exact) mass is 264 g/mol. The Morgan fingerprint density at radius 1 is 1.50 bits per heavy atom. The lowest BCUT2D eigenvalue weighted by Gasteiger charge is -2.23. The largest absolute Gasteiger partial charge is 0.388 e. The normalized spacial score (nSPS) is 23.7. The van der Waals surface area contributed by atoms with Gasteiger partial charge in [-0.3, -0.25) is 4.98 Å². The van der Waals surface area contributed by atoms with Crippen LogP contribution in [0.1, 0.15) is 12.6 Å². The number of nitrogens with zero attached hydrogens (tertiary/aromatic N) is 3. The van der Waals surface area contributed by atoms with Gasteiger partial charge in [0.25, 0.3) is 0 Å². The fourth-order valence-corrected chi connectivity index (χ4v) is 2.82. The van der Waals surface area contributed by atoms with E-state index < -0.39 is 0 Å². The lowest BCUT2D eigenvalue weighted by molar-refractivity contribution is 0.266. The number of pyridine rings is 1. The van der Waals surface area contributed by atoms with Gasteiger partial charge in [-0.25, -0.2) is 0 Å². The van der Waals surface area contributed by atoms with Gasteiger partial charge in [0.1, 0.15) is 10.7 Å². The van der Waals surface area contributed by atoms with Crippen molar-refractivity contribution < 1.29 is 0 Å². The molecular formula is C13H20N4S. The topological polar surface area (TPSA) is 45.4 Å². The summed E-state index contributed by atoms with van der Waals surface area (Å²) in [6, 6.07) is 4.54. The van der Waals surface area contributed by atoms with Crippen molar-refractivity contribution in [3.05, 3.63) is 24.0 Å². The standard InChI is InChI=1S/C13H20N4S/c1-9-7-17(8-11(9)16(2)3)10-5-4-6-15-12(10)13(14)18/h4-6,9,11H,7-8H2,1-3H3,(H2,14,18). The van der Waals surface area contributed by atoms with Gasteiger partial charge in [-0.2, -0.15) is 0 Å². The molecule has 2 heterocycles. The minimum Gasteiger partial charge on any atom is -0.388 e. The van der Waals surface area contributed by atoms with Crippen LogP contribution in [0.2, 0.25) is 0 Å². The van der Waals surface area contributed by atoms with Gasteiger partial charge in [-0.1, -0.05) is 19.1 Å². The molecule has 0 amide bonds. The maximum atomic E-state index is 5.74. The zero-order valence-electron chi connectivity index (χ0n) is 11.1. The minimum absolute atomic E-state index is 0.367. The number of anilines is 1. The van der Waals surface area contributed by atoms with Gasteiger partial charge in [0.2, 0.25) is 0 Å². The number of nitrogens with two attached hydrogens (primary N) is 1. The highest BCUT2D eigenvalue weighted by molar-refractivity contribution is 7.80. The Balaban J connectivity index is 2.26. The summed E-state index contributed by atoms with van der Waals surface area (Å²) in [7, 11) is 4.25. The molecule has 1 aromatic heterocycles. The van der Waals surface area contributed by atoms with Crippen molar-refractivity contribution >= 4 is 22.9 Å². The molecule has 1 aliphatic heterocycles. The third-order valence-corrected chi connectivity index (χ3v) is 3.79. The molecule has 1 aliphatic rings. The second-order valence-corrected chi connectivity index (χ2v) is 5.59. The van der Waals surface area contributed by atoms with Crippen molar-refractivity contribution in [2.75, 3.05) is 32.1 Å². The number of rotatable bonds is 3. The first-order valence-electron chi connectivity index (χ1n) is 6.17. The van der Waals surface area contributed by atoms with E-state index in [4.69, 9.17) is 18.0 Å². The summed E-state index contributed by atoms with van der Waals surface area (Å²) in [5, 5.41) is 0. The van der Waals surface area contributed by atoms with E-state index in [-0.39, 0.29) is 0 Å². The molecule has 98 valence electrons. The SMILES string of the molecule is CC1CN(c2cccnc2C(N)=S)CC1N(C)C. The van der Waals surface area contributed by atoms with Crippen molar-refractivity contribution in [2.45, 2.75) is 13.0 Å². The summed E-state index contributed by atoms with van der Waals surface area (Å²) >= 11 is 5.07. The number of hydrogen-bond acceptors (Lipinski definition) is 4. The molecule has 0 radical (unpaired) electrons.